The van der Waals surface area contributed by atoms with Crippen LogP contribution < -0.4 is 4.43 Å². The molecule has 0 spiro atoms. The molecule has 0 aliphatic heterocycles. The molecule has 23 heavy (non-hydrogen) atoms. The topological polar surface area (TPSA) is 35.5 Å². The third-order valence-electron chi connectivity index (χ3n) is 4.16. The minimum atomic E-state index is -1.92. The van der Waals surface area contributed by atoms with Gasteiger partial charge in [-0.2, -0.15) is 0 Å². The van der Waals surface area contributed by atoms with Crippen molar-refractivity contribution in [1.82, 2.24) is 0 Å². The number of halogens is 1. The monoisotopic (exact) mass is 354 g/mol. The molecule has 1 rings (SSSR count). The molecule has 5 heteroatoms. The van der Waals surface area contributed by atoms with E-state index in [-0.39, 0.29) is 11.0 Å². The molecule has 0 N–H and O–H groups in total. The molecule has 3 nitrogen and oxygen atoms in total. The Morgan fingerprint density at radius 1 is 1.30 bits per heavy atom. The average molecular weight is 355 g/mol. The fourth-order valence-corrected chi connectivity index (χ4v) is 2.94. The minimum absolute atomic E-state index is 0.112. The molecule has 0 unspecified atom stereocenters. The fourth-order valence-electron chi connectivity index (χ4n) is 1.73. The summed E-state index contributed by atoms with van der Waals surface area (Å²) in [6.45, 7) is 16.9. The molecule has 0 fully saturated rings. The van der Waals surface area contributed by atoms with Crippen molar-refractivity contribution in [3.05, 3.63) is 40.9 Å². The van der Waals surface area contributed by atoms with Gasteiger partial charge in [0, 0.05) is 17.0 Å². The number of carbonyl (C=O) groups excluding carboxylic acids is 1. The molecule has 1 aromatic rings. The lowest BCUT2D eigenvalue weighted by molar-refractivity contribution is -0.138. The molecule has 0 aliphatic carbocycles. The Morgan fingerprint density at radius 3 is 2.43 bits per heavy atom. The van der Waals surface area contributed by atoms with Crippen LogP contribution in [0.15, 0.2) is 30.4 Å². The molecule has 128 valence electrons. The molecule has 0 atom stereocenters. The van der Waals surface area contributed by atoms with Crippen molar-refractivity contribution in [3.63, 3.8) is 0 Å². The molecule has 0 radical (unpaired) electrons. The van der Waals surface area contributed by atoms with Crippen LogP contribution in [0.4, 0.5) is 0 Å². The number of carbonyl (C=O) groups is 1. The summed E-state index contributed by atoms with van der Waals surface area (Å²) in [5.74, 6) is 0.395. The van der Waals surface area contributed by atoms with Crippen molar-refractivity contribution in [2.24, 2.45) is 0 Å². The number of hydrogen-bond donors (Lipinski definition) is 0. The number of ether oxygens (including phenoxy) is 1. The molecule has 0 aromatic heterocycles. The van der Waals surface area contributed by atoms with Crippen LogP contribution in [-0.4, -0.2) is 20.9 Å². The minimum Gasteiger partial charge on any atom is -0.543 e. The van der Waals surface area contributed by atoms with Crippen LogP contribution in [0.2, 0.25) is 23.2 Å². The lowest BCUT2D eigenvalue weighted by Gasteiger charge is -2.36. The van der Waals surface area contributed by atoms with E-state index in [1.807, 2.05) is 12.1 Å². The summed E-state index contributed by atoms with van der Waals surface area (Å²) in [5, 5.41) is 0.708. The maximum Gasteiger partial charge on any atom is 0.333 e. The van der Waals surface area contributed by atoms with E-state index in [0.29, 0.717) is 23.6 Å². The van der Waals surface area contributed by atoms with Crippen LogP contribution in [0.25, 0.3) is 0 Å². The van der Waals surface area contributed by atoms with E-state index in [1.54, 1.807) is 13.0 Å². The van der Waals surface area contributed by atoms with Gasteiger partial charge in [-0.3, -0.25) is 0 Å². The van der Waals surface area contributed by atoms with Crippen LogP contribution >= 0.6 is 11.6 Å². The smallest absolute Gasteiger partial charge is 0.333 e. The average Bonchev–Trinajstić information content (AvgIpc) is 2.41. The molecule has 0 saturated heterocycles. The van der Waals surface area contributed by atoms with E-state index in [0.717, 1.165) is 11.3 Å². The lowest BCUT2D eigenvalue weighted by atomic mass is 10.1. The number of rotatable bonds is 6. The van der Waals surface area contributed by atoms with E-state index in [2.05, 4.69) is 40.4 Å². The third-order valence-corrected chi connectivity index (χ3v) is 8.89. The second-order valence-electron chi connectivity index (χ2n) is 7.12. The number of benzene rings is 1. The number of esters is 1. The van der Waals surface area contributed by atoms with Gasteiger partial charge in [-0.1, -0.05) is 39.0 Å². The second kappa shape index (κ2) is 7.54. The summed E-state index contributed by atoms with van der Waals surface area (Å²) in [6, 6.07) is 5.57. The van der Waals surface area contributed by atoms with E-state index in [1.165, 1.54) is 0 Å². The summed E-state index contributed by atoms with van der Waals surface area (Å²) in [5.41, 5.74) is 1.21. The first kappa shape index (κ1) is 19.8. The molecule has 1 aromatic carbocycles. The fraction of sp³-hybridized carbons (Fsp3) is 0.500. The highest BCUT2D eigenvalue weighted by atomic mass is 35.5. The van der Waals surface area contributed by atoms with Crippen LogP contribution in [0.3, 0.4) is 0 Å². The van der Waals surface area contributed by atoms with Gasteiger partial charge in [0.15, 0.2) is 0 Å². The Bertz CT molecular complexity index is 588. The summed E-state index contributed by atoms with van der Waals surface area (Å²) in [4.78, 5) is 11.7. The predicted molar refractivity (Wildman–Crippen MR) is 98.8 cm³/mol. The molecular weight excluding hydrogens is 328 g/mol. The van der Waals surface area contributed by atoms with Gasteiger partial charge in [0.2, 0.25) is 8.32 Å². The maximum atomic E-state index is 11.7. The van der Waals surface area contributed by atoms with Crippen molar-refractivity contribution in [2.45, 2.75) is 52.2 Å². The zero-order valence-corrected chi connectivity index (χ0v) is 16.7. The molecule has 0 heterocycles. The van der Waals surface area contributed by atoms with Crippen molar-refractivity contribution >= 4 is 25.9 Å². The first-order valence-electron chi connectivity index (χ1n) is 7.80. The van der Waals surface area contributed by atoms with Crippen LogP contribution in [-0.2, 0) is 16.0 Å². The summed E-state index contributed by atoms with van der Waals surface area (Å²) in [7, 11) is -1.92. The Kier molecular flexibility index (Phi) is 6.48. The molecule has 0 amide bonds. The van der Waals surface area contributed by atoms with Crippen LogP contribution in [0.1, 0.15) is 33.3 Å². The Hall–Kier alpha value is -1.26. The quantitative estimate of drug-likeness (QED) is 0.390. The first-order chi connectivity index (χ1) is 10.5. The Morgan fingerprint density at radius 2 is 1.91 bits per heavy atom. The van der Waals surface area contributed by atoms with Gasteiger partial charge in [0.05, 0.1) is 6.61 Å². The van der Waals surface area contributed by atoms with Gasteiger partial charge in [0.1, 0.15) is 5.75 Å². The van der Waals surface area contributed by atoms with Gasteiger partial charge in [-0.05, 0) is 48.8 Å². The largest absolute Gasteiger partial charge is 0.543 e. The SMILES string of the molecule is C=C(Cc1cc(O[Si](C)(C)C(C)(C)C)ccc1Cl)C(=O)OCC. The Labute approximate surface area is 145 Å². The highest BCUT2D eigenvalue weighted by Crippen LogP contribution is 2.38. The third kappa shape index (κ3) is 5.39. The van der Waals surface area contributed by atoms with Crippen molar-refractivity contribution in [1.29, 1.82) is 0 Å². The van der Waals surface area contributed by atoms with Crippen molar-refractivity contribution in [3.8, 4) is 5.75 Å². The highest BCUT2D eigenvalue weighted by Gasteiger charge is 2.39. The number of hydrogen-bond acceptors (Lipinski definition) is 3. The standard InChI is InChI=1S/C18H27ClO3Si/c1-8-21-17(20)13(2)11-14-12-15(9-10-16(14)19)22-23(6,7)18(3,4)5/h9-10,12H,2,8,11H2,1,3-7H3. The van der Waals surface area contributed by atoms with Crippen molar-refractivity contribution < 1.29 is 14.0 Å². The van der Waals surface area contributed by atoms with Gasteiger partial charge in [-0.25, -0.2) is 4.79 Å². The van der Waals surface area contributed by atoms with E-state index >= 15 is 0 Å². The zero-order valence-electron chi connectivity index (χ0n) is 15.0. The first-order valence-corrected chi connectivity index (χ1v) is 11.1. The Balaban J connectivity index is 2.96. The van der Waals surface area contributed by atoms with E-state index < -0.39 is 8.32 Å². The van der Waals surface area contributed by atoms with Gasteiger partial charge in [0.25, 0.3) is 0 Å². The molecule has 0 bridgehead atoms. The summed E-state index contributed by atoms with van der Waals surface area (Å²) < 4.78 is 11.3. The van der Waals surface area contributed by atoms with E-state index in [9.17, 15) is 4.79 Å². The van der Waals surface area contributed by atoms with Crippen LogP contribution in [0, 0.1) is 0 Å². The molecule has 0 saturated carbocycles. The van der Waals surface area contributed by atoms with Crippen molar-refractivity contribution in [2.75, 3.05) is 6.61 Å². The van der Waals surface area contributed by atoms with Gasteiger partial charge >= 0.3 is 5.97 Å². The molecule has 0 aliphatic rings. The normalized spacial score (nSPS) is 12.0. The summed E-state index contributed by atoms with van der Waals surface area (Å²) >= 11 is 6.25. The predicted octanol–water partition coefficient (Wildman–Crippen LogP) is 5.39. The van der Waals surface area contributed by atoms with Gasteiger partial charge < -0.3 is 9.16 Å². The second-order valence-corrected chi connectivity index (χ2v) is 12.2. The maximum absolute atomic E-state index is 11.7. The molecular formula is C18H27ClO3Si. The van der Waals surface area contributed by atoms with Gasteiger partial charge in [-0.15, -0.1) is 0 Å². The van der Waals surface area contributed by atoms with E-state index in [4.69, 9.17) is 20.8 Å². The summed E-state index contributed by atoms with van der Waals surface area (Å²) in [6.07, 6.45) is 0.354. The lowest BCUT2D eigenvalue weighted by Crippen LogP contribution is -2.43. The van der Waals surface area contributed by atoms with Crippen LogP contribution in [0.5, 0.6) is 5.75 Å². The zero-order chi connectivity index (χ0) is 17.8. The highest BCUT2D eigenvalue weighted by molar-refractivity contribution is 6.74.